The van der Waals surface area contributed by atoms with E-state index in [1.807, 2.05) is 0 Å². The van der Waals surface area contributed by atoms with E-state index < -0.39 is 40.0 Å². The Balaban J connectivity index is 1.35. The summed E-state index contributed by atoms with van der Waals surface area (Å²) in [7, 11) is -3.07. The van der Waals surface area contributed by atoms with Crippen LogP contribution >= 0.6 is 15.9 Å². The van der Waals surface area contributed by atoms with Gasteiger partial charge in [-0.3, -0.25) is 19.1 Å². The van der Waals surface area contributed by atoms with Crippen LogP contribution in [0.5, 0.6) is 5.75 Å². The van der Waals surface area contributed by atoms with Gasteiger partial charge >= 0.3 is 0 Å². The van der Waals surface area contributed by atoms with Gasteiger partial charge in [-0.1, -0.05) is 6.07 Å². The van der Waals surface area contributed by atoms with Gasteiger partial charge in [0.15, 0.2) is 15.6 Å². The molecule has 1 N–H and O–H groups in total. The van der Waals surface area contributed by atoms with Gasteiger partial charge in [-0.05, 0) is 46.3 Å². The number of amides is 2. The molecule has 0 aliphatic carbocycles. The zero-order chi connectivity index (χ0) is 27.2. The van der Waals surface area contributed by atoms with Crippen LogP contribution < -0.4 is 10.1 Å². The molecule has 11 nitrogen and oxygen atoms in total. The van der Waals surface area contributed by atoms with Crippen LogP contribution in [0.1, 0.15) is 23.8 Å². The second-order valence-corrected chi connectivity index (χ2v) is 12.3. The van der Waals surface area contributed by atoms with Crippen molar-refractivity contribution >= 4 is 60.1 Å². The fourth-order valence-electron chi connectivity index (χ4n) is 4.61. The van der Waals surface area contributed by atoms with Gasteiger partial charge in [0.25, 0.3) is 0 Å². The molecule has 2 atom stereocenters. The van der Waals surface area contributed by atoms with Crippen molar-refractivity contribution in [3.8, 4) is 5.75 Å². The quantitative estimate of drug-likeness (QED) is 0.318. The van der Waals surface area contributed by atoms with Crippen molar-refractivity contribution in [1.82, 2.24) is 19.7 Å². The molecule has 3 aromatic rings. The van der Waals surface area contributed by atoms with Crippen LogP contribution in [0, 0.1) is 0 Å². The molecule has 0 unspecified atom stereocenters. The highest BCUT2D eigenvalue weighted by molar-refractivity contribution is 9.10. The molecule has 0 spiro atoms. The van der Waals surface area contributed by atoms with Crippen LogP contribution in [0.4, 0.5) is 10.2 Å². The van der Waals surface area contributed by atoms with Crippen LogP contribution in [0.3, 0.4) is 0 Å². The van der Waals surface area contributed by atoms with Crippen LogP contribution in [0.25, 0.3) is 10.9 Å². The van der Waals surface area contributed by atoms with E-state index >= 15 is 0 Å². The summed E-state index contributed by atoms with van der Waals surface area (Å²) in [5.41, 5.74) is 0.576. The molecule has 0 radical (unpaired) electrons. The van der Waals surface area contributed by atoms with Gasteiger partial charge in [0.2, 0.25) is 11.8 Å². The maximum atomic E-state index is 14.4. The number of alkyl halides is 1. The predicted octanol–water partition coefficient (Wildman–Crippen LogP) is 2.15. The summed E-state index contributed by atoms with van der Waals surface area (Å²) in [5.74, 6) is -0.935. The zero-order valence-corrected chi connectivity index (χ0v) is 22.5. The van der Waals surface area contributed by atoms with Gasteiger partial charge in [0.05, 0.1) is 23.6 Å². The van der Waals surface area contributed by atoms with Gasteiger partial charge < -0.3 is 15.0 Å². The third-order valence-corrected chi connectivity index (χ3v) is 8.56. The van der Waals surface area contributed by atoms with Gasteiger partial charge in [-0.2, -0.15) is 5.10 Å². The molecule has 5 rings (SSSR count). The summed E-state index contributed by atoms with van der Waals surface area (Å²) in [5, 5.41) is 7.36. The highest BCUT2D eigenvalue weighted by atomic mass is 79.9. The Morgan fingerprint density at radius 2 is 1.97 bits per heavy atom. The lowest BCUT2D eigenvalue weighted by molar-refractivity contribution is -0.137. The number of hydrogen-bond donors (Lipinski definition) is 1. The number of hydrogen-bond acceptors (Lipinski definition) is 8. The lowest BCUT2D eigenvalue weighted by Crippen LogP contribution is -2.45. The molecule has 0 saturated carbocycles. The van der Waals surface area contributed by atoms with Crippen LogP contribution in [0.15, 0.2) is 41.0 Å². The number of anilines is 1. The van der Waals surface area contributed by atoms with Gasteiger partial charge in [-0.15, -0.1) is 0 Å². The largest absolute Gasteiger partial charge is 0.488 e. The maximum absolute atomic E-state index is 14.4. The lowest BCUT2D eigenvalue weighted by atomic mass is 10.1. The molecule has 38 heavy (non-hydrogen) atoms. The van der Waals surface area contributed by atoms with Gasteiger partial charge in [0.1, 0.15) is 46.7 Å². The number of fused-ring (bicyclic) bond motifs is 1. The molecular weight excluding hydrogens is 585 g/mol. The van der Waals surface area contributed by atoms with E-state index in [4.69, 9.17) is 4.74 Å². The topological polar surface area (TPSA) is 141 Å². The molecule has 14 heteroatoms. The Labute approximate surface area is 225 Å². The molecule has 2 fully saturated rings. The Bertz CT molecular complexity index is 1550. The van der Waals surface area contributed by atoms with Crippen molar-refractivity contribution in [1.29, 1.82) is 0 Å². The molecule has 2 aromatic heterocycles. The molecule has 2 aliphatic heterocycles. The fourth-order valence-corrected chi connectivity index (χ4v) is 6.12. The number of ether oxygens (including phenoxy) is 1. The second kappa shape index (κ2) is 10.1. The third-order valence-electron chi connectivity index (χ3n) is 6.36. The zero-order valence-electron chi connectivity index (χ0n) is 20.1. The van der Waals surface area contributed by atoms with E-state index in [0.717, 1.165) is 0 Å². The number of sulfone groups is 1. The number of nitrogens with zero attached hydrogens (tertiary/aromatic N) is 4. The SMILES string of the molecule is CC(=O)c1nn(CC(=O)N2C[C@H](F)C[C@H]2C(=O)Nc2cccc(Br)n2)c2ccc(OC3CS(=O)(=O)C3)cc12. The Morgan fingerprint density at radius 1 is 1.21 bits per heavy atom. The van der Waals surface area contributed by atoms with Crippen molar-refractivity contribution in [3.63, 3.8) is 0 Å². The maximum Gasteiger partial charge on any atom is 0.248 e. The molecular formula is C24H23BrFN5O6S. The second-order valence-electron chi connectivity index (χ2n) is 9.29. The lowest BCUT2D eigenvalue weighted by Gasteiger charge is -2.26. The Hall–Kier alpha value is -3.39. The molecule has 1 aromatic carbocycles. The van der Waals surface area contributed by atoms with Crippen molar-refractivity contribution in [2.45, 2.75) is 38.2 Å². The normalized spacial score (nSPS) is 20.8. The Morgan fingerprint density at radius 3 is 2.66 bits per heavy atom. The van der Waals surface area contributed by atoms with Crippen molar-refractivity contribution in [2.75, 3.05) is 23.4 Å². The molecule has 200 valence electrons. The number of carbonyl (C=O) groups is 3. The number of aromatic nitrogens is 3. The summed E-state index contributed by atoms with van der Waals surface area (Å²) in [6, 6.07) is 8.73. The van der Waals surface area contributed by atoms with Crippen molar-refractivity contribution in [3.05, 3.63) is 46.7 Å². The molecule has 2 amide bonds. The number of ketones is 1. The number of Topliss-reactive ketones (excluding diaryl/α,β-unsaturated/α-hetero) is 1. The number of halogens is 2. The van der Waals surface area contributed by atoms with Crippen LogP contribution in [-0.2, 0) is 26.0 Å². The highest BCUT2D eigenvalue weighted by Crippen LogP contribution is 2.28. The van der Waals surface area contributed by atoms with Gasteiger partial charge in [0, 0.05) is 18.7 Å². The molecule has 0 bridgehead atoms. The first-order chi connectivity index (χ1) is 18.0. The number of likely N-dealkylation sites (tertiary alicyclic amines) is 1. The van der Waals surface area contributed by atoms with E-state index in [1.54, 1.807) is 36.4 Å². The third kappa shape index (κ3) is 5.41. The predicted molar refractivity (Wildman–Crippen MR) is 138 cm³/mol. The molecule has 2 saturated heterocycles. The number of rotatable bonds is 7. The van der Waals surface area contributed by atoms with Crippen molar-refractivity contribution in [2.24, 2.45) is 0 Å². The van der Waals surface area contributed by atoms with E-state index in [-0.39, 0.29) is 48.3 Å². The highest BCUT2D eigenvalue weighted by Gasteiger charge is 2.40. The summed E-state index contributed by atoms with van der Waals surface area (Å²) >= 11 is 3.22. The standard InChI is InChI=1S/C24H23BrFN5O6S/c1-13(32)23-17-8-15(37-16-11-38(35,36)12-16)5-6-18(17)31(29-23)10-22(33)30-9-14(26)7-19(30)24(34)28-21-4-2-3-20(25)27-21/h2-6,8,14,16,19H,7,9-12H2,1H3,(H,27,28,34)/t14-,19+/m1/s1. The summed E-state index contributed by atoms with van der Waals surface area (Å²) in [6.07, 6.45) is -1.99. The van der Waals surface area contributed by atoms with E-state index in [9.17, 15) is 27.2 Å². The fraction of sp³-hybridized carbons (Fsp3) is 0.375. The summed E-state index contributed by atoms with van der Waals surface area (Å²) < 4.78 is 44.8. The first kappa shape index (κ1) is 26.2. The van der Waals surface area contributed by atoms with Crippen molar-refractivity contribution < 1.29 is 31.9 Å². The number of carbonyl (C=O) groups excluding carboxylic acids is 3. The smallest absolute Gasteiger partial charge is 0.248 e. The average molecular weight is 608 g/mol. The average Bonchev–Trinajstić information content (AvgIpc) is 3.38. The van der Waals surface area contributed by atoms with E-state index in [2.05, 4.69) is 31.3 Å². The first-order valence-electron chi connectivity index (χ1n) is 11.7. The molecule has 2 aliphatic rings. The summed E-state index contributed by atoms with van der Waals surface area (Å²) in [4.78, 5) is 43.7. The minimum atomic E-state index is -3.07. The van der Waals surface area contributed by atoms with E-state index in [1.165, 1.54) is 16.5 Å². The van der Waals surface area contributed by atoms with Crippen LogP contribution in [-0.4, -0.2) is 82.0 Å². The monoisotopic (exact) mass is 607 g/mol. The van der Waals surface area contributed by atoms with Crippen LogP contribution in [0.2, 0.25) is 0 Å². The van der Waals surface area contributed by atoms with E-state index in [0.29, 0.717) is 21.3 Å². The minimum absolute atomic E-state index is 0.0733. The Kier molecular flexibility index (Phi) is 6.94. The summed E-state index contributed by atoms with van der Waals surface area (Å²) in [6.45, 7) is 0.769. The number of benzene rings is 1. The first-order valence-corrected chi connectivity index (χ1v) is 14.4. The number of nitrogens with one attached hydrogen (secondary N) is 1. The minimum Gasteiger partial charge on any atom is -0.488 e. The van der Waals surface area contributed by atoms with Gasteiger partial charge in [-0.25, -0.2) is 17.8 Å². The number of pyridine rings is 1. The molecule has 4 heterocycles.